The summed E-state index contributed by atoms with van der Waals surface area (Å²) in [4.78, 5) is 65.3. The lowest BCUT2D eigenvalue weighted by atomic mass is 9.96. The van der Waals surface area contributed by atoms with Crippen LogP contribution in [-0.2, 0) is 46.4 Å². The maximum atomic E-state index is 15.4. The Morgan fingerprint density at radius 2 is 1.51 bits per heavy atom. The van der Waals surface area contributed by atoms with E-state index in [4.69, 9.17) is 34.1 Å². The number of nitrogens with zero attached hydrogens (tertiary/aromatic N) is 13. The smallest absolute Gasteiger partial charge is 0.418 e. The second kappa shape index (κ2) is 23.9. The number of rotatable bonds is 16. The Balaban J connectivity index is 0.886. The first-order valence-electron chi connectivity index (χ1n) is 28.3. The molecular formula is C59H71F3N14O5. The van der Waals surface area contributed by atoms with Gasteiger partial charge < -0.3 is 53.5 Å². The van der Waals surface area contributed by atoms with Crippen LogP contribution in [0, 0.1) is 18.3 Å². The molecule has 6 aliphatic rings. The van der Waals surface area contributed by atoms with Gasteiger partial charge >= 0.3 is 18.2 Å². The van der Waals surface area contributed by atoms with Gasteiger partial charge in [-0.15, -0.1) is 0 Å². The van der Waals surface area contributed by atoms with Crippen LogP contribution in [0.4, 0.5) is 36.2 Å². The number of aryl methyl sites for hydroxylation is 1. The molecule has 19 nitrogen and oxygen atoms in total. The summed E-state index contributed by atoms with van der Waals surface area (Å²) in [5.41, 5.74) is 6.67. The van der Waals surface area contributed by atoms with Gasteiger partial charge in [0.15, 0.2) is 0 Å². The number of carbonyl (C=O) groups is 2. The summed E-state index contributed by atoms with van der Waals surface area (Å²) >= 11 is 0. The molecule has 428 valence electrons. The van der Waals surface area contributed by atoms with Crippen LogP contribution in [0.3, 0.4) is 0 Å². The van der Waals surface area contributed by atoms with Gasteiger partial charge in [0.2, 0.25) is 11.8 Å². The molecule has 0 radical (unpaired) electrons. The number of anilines is 4. The van der Waals surface area contributed by atoms with Crippen molar-refractivity contribution in [3.8, 4) is 18.1 Å². The molecule has 2 amide bonds. The van der Waals surface area contributed by atoms with E-state index in [1.165, 1.54) is 18.2 Å². The topological polar surface area (TPSA) is 179 Å². The summed E-state index contributed by atoms with van der Waals surface area (Å²) in [6.45, 7) is 18.0. The number of ether oxygens (including phenoxy) is 3. The molecule has 9 heterocycles. The van der Waals surface area contributed by atoms with Gasteiger partial charge in [-0.2, -0.15) is 38.4 Å². The van der Waals surface area contributed by atoms with E-state index in [0.29, 0.717) is 122 Å². The maximum Gasteiger partial charge on any atom is 0.418 e. The van der Waals surface area contributed by atoms with Gasteiger partial charge in [-0.3, -0.25) is 14.5 Å². The number of aromatic amines is 1. The lowest BCUT2D eigenvalue weighted by Crippen LogP contribution is -2.55. The molecule has 0 aliphatic carbocycles. The number of halogens is 3. The fourth-order valence-electron chi connectivity index (χ4n) is 12.8. The molecule has 5 aromatic rings. The molecule has 2 unspecified atom stereocenters. The SMILES string of the molecule is C=CC(=O)N1CCN(c2nc(OCCC(c3ccc(C(F)(F)F)c(N4CCc5c(nc(OC[C@@H]6CCCN6C)nc5N5CCN(C(=O)C=C)C(CC#N)C5)C4)c3)N3CCOCC3)nc3c2CCN(c2c(C)ccc4[nH]ccc24)C3)CC1. The van der Waals surface area contributed by atoms with Gasteiger partial charge in [-0.25, -0.2) is 0 Å². The highest BCUT2D eigenvalue weighted by atomic mass is 19.4. The number of aromatic nitrogens is 5. The second-order valence-electron chi connectivity index (χ2n) is 21.9. The van der Waals surface area contributed by atoms with E-state index in [-0.39, 0.29) is 67.7 Å². The number of nitrogens with one attached hydrogen (secondary N) is 1. The number of H-pyrrole nitrogens is 1. The number of alkyl halides is 3. The molecular weight excluding hydrogens is 1040 g/mol. The first-order valence-corrected chi connectivity index (χ1v) is 28.3. The molecule has 3 aromatic heterocycles. The van der Waals surface area contributed by atoms with E-state index < -0.39 is 17.8 Å². The van der Waals surface area contributed by atoms with Gasteiger partial charge in [0.1, 0.15) is 18.2 Å². The van der Waals surface area contributed by atoms with Gasteiger partial charge in [-0.05, 0) is 93.7 Å². The third-order valence-electron chi connectivity index (χ3n) is 17.1. The zero-order chi connectivity index (χ0) is 56.4. The van der Waals surface area contributed by atoms with E-state index >= 15 is 13.2 Å². The Bertz CT molecular complexity index is 3190. The Kier molecular flexibility index (Phi) is 16.4. The monoisotopic (exact) mass is 1110 g/mol. The highest BCUT2D eigenvalue weighted by Gasteiger charge is 2.39. The number of fused-ring (bicyclic) bond motifs is 3. The Hall–Kier alpha value is -7.48. The summed E-state index contributed by atoms with van der Waals surface area (Å²) in [5.74, 6) is 1.05. The molecule has 4 fully saturated rings. The van der Waals surface area contributed by atoms with Crippen LogP contribution in [0.15, 0.2) is 67.9 Å². The molecule has 0 saturated carbocycles. The first-order chi connectivity index (χ1) is 39.3. The predicted molar refractivity (Wildman–Crippen MR) is 302 cm³/mol. The number of carbonyl (C=O) groups excluding carboxylic acids is 2. The first kappa shape index (κ1) is 55.4. The second-order valence-corrected chi connectivity index (χ2v) is 21.9. The van der Waals surface area contributed by atoms with Crippen molar-refractivity contribution in [1.82, 2.24) is 44.5 Å². The van der Waals surface area contributed by atoms with Crippen molar-refractivity contribution < 1.29 is 37.0 Å². The molecule has 1 N–H and O–H groups in total. The maximum absolute atomic E-state index is 15.4. The number of likely N-dealkylation sites (N-methyl/N-ethyl adjacent to an activating group) is 1. The number of hydrogen-bond donors (Lipinski definition) is 1. The average molecular weight is 1110 g/mol. The Labute approximate surface area is 470 Å². The van der Waals surface area contributed by atoms with E-state index in [2.05, 4.69) is 80.9 Å². The number of amides is 2. The van der Waals surface area contributed by atoms with Gasteiger partial charge in [0.25, 0.3) is 0 Å². The molecule has 6 aliphatic heterocycles. The highest BCUT2D eigenvalue weighted by molar-refractivity contribution is 5.94. The van der Waals surface area contributed by atoms with Crippen LogP contribution in [0.5, 0.6) is 12.0 Å². The van der Waals surface area contributed by atoms with Crippen molar-refractivity contribution in [3.05, 3.63) is 107 Å². The van der Waals surface area contributed by atoms with E-state index in [1.807, 2.05) is 6.20 Å². The van der Waals surface area contributed by atoms with E-state index in [9.17, 15) is 14.9 Å². The van der Waals surface area contributed by atoms with Gasteiger partial charge in [-0.1, -0.05) is 25.3 Å². The number of morpholine rings is 1. The van der Waals surface area contributed by atoms with Crippen molar-refractivity contribution in [2.75, 3.05) is 132 Å². The van der Waals surface area contributed by atoms with Gasteiger partial charge in [0, 0.05) is 130 Å². The molecule has 11 rings (SSSR count). The number of hydrogen-bond acceptors (Lipinski definition) is 16. The summed E-state index contributed by atoms with van der Waals surface area (Å²) in [7, 11) is 2.06. The Morgan fingerprint density at radius 1 is 0.815 bits per heavy atom. The average Bonchev–Trinajstić information content (AvgIpc) is 4.27. The minimum absolute atomic E-state index is 0.0540. The van der Waals surface area contributed by atoms with Crippen LogP contribution in [-0.4, -0.2) is 180 Å². The minimum Gasteiger partial charge on any atom is -0.463 e. The van der Waals surface area contributed by atoms with Crippen molar-refractivity contribution >= 4 is 45.7 Å². The predicted octanol–water partition coefficient (Wildman–Crippen LogP) is 6.47. The van der Waals surface area contributed by atoms with Crippen LogP contribution in [0.1, 0.15) is 70.9 Å². The number of piperazine rings is 2. The summed E-state index contributed by atoms with van der Waals surface area (Å²) in [6, 6.07) is 12.8. The van der Waals surface area contributed by atoms with Crippen molar-refractivity contribution in [1.29, 1.82) is 5.26 Å². The standard InChI is InChI=1S/C59H71F3N14O5/c1-5-52(77)71-23-25-72(26-24-71)55-44-16-22-74(54-39(3)9-12-47-43(54)14-19-64-47)37-49(44)65-57(67-55)80-31-17-50(70-29-32-79-33-30-70)40-10-11-46(59(60,61)62)51(34-40)73-21-15-45-48(36-73)66-58(81-38-42-8-7-20-69(42)4)68-56(45)75-27-28-76(53(78)6-2)41(35-75)13-18-63/h5-6,9-12,14,19,34,41-42,50,64H,1-2,7-8,13,15-17,20-33,35-38H2,3-4H3/t41?,42-,50?/m0/s1. The zero-order valence-corrected chi connectivity index (χ0v) is 46.3. The van der Waals surface area contributed by atoms with Crippen LogP contribution < -0.4 is 29.1 Å². The van der Waals surface area contributed by atoms with E-state index in [0.717, 1.165) is 70.7 Å². The molecule has 22 heteroatoms. The number of nitriles is 1. The zero-order valence-electron chi connectivity index (χ0n) is 46.3. The van der Waals surface area contributed by atoms with Crippen LogP contribution >= 0.6 is 0 Å². The lowest BCUT2D eigenvalue weighted by molar-refractivity contribution is -0.137. The van der Waals surface area contributed by atoms with Crippen LogP contribution in [0.25, 0.3) is 10.9 Å². The highest BCUT2D eigenvalue weighted by Crippen LogP contribution is 2.43. The summed E-state index contributed by atoms with van der Waals surface area (Å²) < 4.78 is 64.9. The van der Waals surface area contributed by atoms with Crippen molar-refractivity contribution in [3.63, 3.8) is 0 Å². The van der Waals surface area contributed by atoms with Gasteiger partial charge in [0.05, 0.1) is 68.4 Å². The lowest BCUT2D eigenvalue weighted by Gasteiger charge is -2.42. The molecule has 4 saturated heterocycles. The molecule has 2 aromatic carbocycles. The van der Waals surface area contributed by atoms with Crippen molar-refractivity contribution in [2.45, 2.75) is 82.8 Å². The van der Waals surface area contributed by atoms with Crippen molar-refractivity contribution in [2.24, 2.45) is 0 Å². The molecule has 81 heavy (non-hydrogen) atoms. The molecule has 0 spiro atoms. The minimum atomic E-state index is -4.67. The number of likely N-dealkylation sites (tertiary alicyclic amines) is 1. The third-order valence-corrected chi connectivity index (χ3v) is 17.1. The molecule has 0 bridgehead atoms. The van der Waals surface area contributed by atoms with E-state index in [1.54, 1.807) is 26.8 Å². The summed E-state index contributed by atoms with van der Waals surface area (Å²) in [6.07, 6.45) is 3.47. The quantitative estimate of drug-likeness (QED) is 0.106. The number of benzene rings is 2. The molecule has 3 atom stereocenters. The Morgan fingerprint density at radius 3 is 2.20 bits per heavy atom. The fraction of sp³-hybridized carbons (Fsp3) is 0.508. The summed E-state index contributed by atoms with van der Waals surface area (Å²) in [5, 5.41) is 10.9. The third kappa shape index (κ3) is 11.7. The van der Waals surface area contributed by atoms with Crippen LogP contribution in [0.2, 0.25) is 0 Å². The largest absolute Gasteiger partial charge is 0.463 e. The normalized spacial score (nSPS) is 20.4. The fourth-order valence-corrected chi connectivity index (χ4v) is 12.8.